The number of hydrogen-bond acceptors (Lipinski definition) is 3. The lowest BCUT2D eigenvalue weighted by molar-refractivity contribution is -0.114. The number of anilines is 1. The van der Waals surface area contributed by atoms with Crippen molar-refractivity contribution in [3.8, 4) is 0 Å². The van der Waals surface area contributed by atoms with E-state index in [1.165, 1.54) is 22.7 Å². The number of nitrogens with one attached hydrogen (secondary N) is 2. The number of likely N-dealkylation sites (N-methyl/N-ethyl adjacent to an activating group) is 1. The van der Waals surface area contributed by atoms with Crippen LogP contribution in [0.25, 0.3) is 17.0 Å². The van der Waals surface area contributed by atoms with Crippen molar-refractivity contribution in [2.24, 2.45) is 0 Å². The monoisotopic (exact) mass is 487 g/mol. The Kier molecular flexibility index (Phi) is 6.18. The number of benzene rings is 3. The molecule has 0 saturated heterocycles. The predicted molar refractivity (Wildman–Crippen MR) is 139 cm³/mol. The van der Waals surface area contributed by atoms with Gasteiger partial charge in [0.1, 0.15) is 0 Å². The zero-order chi connectivity index (χ0) is 23.7. The molecule has 1 aliphatic rings. The molecule has 5 rings (SSSR count). The van der Waals surface area contributed by atoms with Crippen LogP contribution in [0, 0.1) is 0 Å². The summed E-state index contributed by atoms with van der Waals surface area (Å²) in [6.07, 6.45) is 4.55. The summed E-state index contributed by atoms with van der Waals surface area (Å²) in [5.74, 6) is -0.275. The van der Waals surface area contributed by atoms with Crippen molar-refractivity contribution in [2.45, 2.75) is 11.3 Å². The Hall–Kier alpha value is -3.48. The van der Waals surface area contributed by atoms with E-state index in [9.17, 15) is 9.59 Å². The van der Waals surface area contributed by atoms with Gasteiger partial charge in [0.15, 0.2) is 0 Å². The molecule has 7 heteroatoms. The molecule has 3 aromatic carbocycles. The Bertz CT molecular complexity index is 1440. The number of para-hydroxylation sites is 1. The maximum Gasteiger partial charge on any atom is 0.264 e. The average Bonchev–Trinajstić information content (AvgIpc) is 3.25. The lowest BCUT2D eigenvalue weighted by Gasteiger charge is -2.27. The van der Waals surface area contributed by atoms with Gasteiger partial charge in [0, 0.05) is 46.2 Å². The van der Waals surface area contributed by atoms with Crippen LogP contribution in [0.1, 0.15) is 21.5 Å². The van der Waals surface area contributed by atoms with Gasteiger partial charge < -0.3 is 15.2 Å². The molecule has 1 aromatic heterocycles. The third-order valence-electron chi connectivity index (χ3n) is 5.82. The van der Waals surface area contributed by atoms with Gasteiger partial charge in [-0.2, -0.15) is 0 Å². The fourth-order valence-corrected chi connectivity index (χ4v) is 5.33. The lowest BCUT2D eigenvalue weighted by Crippen LogP contribution is -2.31. The van der Waals surface area contributed by atoms with Gasteiger partial charge in [-0.25, -0.2) is 0 Å². The molecule has 0 aliphatic carbocycles. The normalized spacial score (nSPS) is 14.5. The van der Waals surface area contributed by atoms with Gasteiger partial charge in [-0.3, -0.25) is 9.59 Å². The Labute approximate surface area is 206 Å². The van der Waals surface area contributed by atoms with E-state index in [0.717, 1.165) is 28.1 Å². The van der Waals surface area contributed by atoms with E-state index >= 15 is 0 Å². The van der Waals surface area contributed by atoms with E-state index in [0.29, 0.717) is 22.0 Å². The van der Waals surface area contributed by atoms with E-state index in [1.54, 1.807) is 30.1 Å². The lowest BCUT2D eigenvalue weighted by atomic mass is 10.1. The van der Waals surface area contributed by atoms with Gasteiger partial charge in [-0.15, -0.1) is 0 Å². The summed E-state index contributed by atoms with van der Waals surface area (Å²) in [5, 5.41) is 4.79. The molecule has 0 spiro atoms. The van der Waals surface area contributed by atoms with Gasteiger partial charge in [0.2, 0.25) is 0 Å². The third-order valence-corrected chi connectivity index (χ3v) is 7.13. The van der Waals surface area contributed by atoms with Crippen molar-refractivity contribution in [2.75, 3.05) is 18.5 Å². The fourth-order valence-electron chi connectivity index (χ4n) is 4.03. The second-order valence-electron chi connectivity index (χ2n) is 8.08. The van der Waals surface area contributed by atoms with E-state index in [-0.39, 0.29) is 11.8 Å². The summed E-state index contributed by atoms with van der Waals surface area (Å²) < 4.78 is 0. The number of nitrogens with zero attached hydrogens (tertiary/aromatic N) is 1. The SMILES string of the molecule is CN1C(=O)C(=Cc2cccc(Cl)c2)Sc2ccc(C(=O)NCCc3c[nH]c4ccccc34)cc21. The smallest absolute Gasteiger partial charge is 0.264 e. The molecule has 170 valence electrons. The van der Waals surface area contributed by atoms with Crippen LogP contribution < -0.4 is 10.2 Å². The van der Waals surface area contributed by atoms with Crippen LogP contribution in [0.5, 0.6) is 0 Å². The molecule has 0 saturated carbocycles. The molecule has 34 heavy (non-hydrogen) atoms. The quantitative estimate of drug-likeness (QED) is 0.344. The Morgan fingerprint density at radius 1 is 1.12 bits per heavy atom. The maximum absolute atomic E-state index is 13.0. The van der Waals surface area contributed by atoms with Crippen LogP contribution in [0.4, 0.5) is 5.69 Å². The van der Waals surface area contributed by atoms with Crippen LogP contribution in [-0.2, 0) is 11.2 Å². The minimum Gasteiger partial charge on any atom is -0.361 e. The first-order chi connectivity index (χ1) is 16.5. The zero-order valence-electron chi connectivity index (χ0n) is 18.5. The Morgan fingerprint density at radius 2 is 1.97 bits per heavy atom. The van der Waals surface area contributed by atoms with E-state index in [2.05, 4.69) is 16.4 Å². The van der Waals surface area contributed by atoms with Gasteiger partial charge >= 0.3 is 0 Å². The van der Waals surface area contributed by atoms with Gasteiger partial charge in [-0.05, 0) is 60.0 Å². The highest BCUT2D eigenvalue weighted by Gasteiger charge is 2.27. The number of aromatic nitrogens is 1. The molecule has 2 amide bonds. The highest BCUT2D eigenvalue weighted by atomic mass is 35.5. The number of halogens is 1. The summed E-state index contributed by atoms with van der Waals surface area (Å²) in [4.78, 5) is 32.1. The molecule has 0 unspecified atom stereocenters. The van der Waals surface area contributed by atoms with Gasteiger partial charge in [0.05, 0.1) is 10.6 Å². The summed E-state index contributed by atoms with van der Waals surface area (Å²) in [6.45, 7) is 0.522. The number of fused-ring (bicyclic) bond motifs is 2. The average molecular weight is 488 g/mol. The van der Waals surface area contributed by atoms with Crippen LogP contribution >= 0.6 is 23.4 Å². The Morgan fingerprint density at radius 3 is 2.82 bits per heavy atom. The molecule has 5 nitrogen and oxygen atoms in total. The van der Waals surface area contributed by atoms with Crippen molar-refractivity contribution >= 4 is 57.8 Å². The number of thioether (sulfide) groups is 1. The first kappa shape index (κ1) is 22.3. The number of hydrogen-bond donors (Lipinski definition) is 2. The largest absolute Gasteiger partial charge is 0.361 e. The zero-order valence-corrected chi connectivity index (χ0v) is 20.0. The van der Waals surface area contributed by atoms with Gasteiger partial charge in [0.25, 0.3) is 11.8 Å². The number of rotatable bonds is 5. The Balaban J connectivity index is 1.29. The van der Waals surface area contributed by atoms with Crippen LogP contribution in [0.15, 0.2) is 82.7 Å². The first-order valence-electron chi connectivity index (χ1n) is 10.9. The third kappa shape index (κ3) is 4.47. The van der Waals surface area contributed by atoms with Crippen LogP contribution in [0.2, 0.25) is 5.02 Å². The molecule has 0 atom stereocenters. The van der Waals surface area contributed by atoms with Crippen LogP contribution in [-0.4, -0.2) is 30.4 Å². The number of H-pyrrole nitrogens is 1. The number of aromatic amines is 1. The fraction of sp³-hybridized carbons (Fsp3) is 0.111. The van der Waals surface area contributed by atoms with Crippen molar-refractivity contribution in [1.29, 1.82) is 0 Å². The first-order valence-corrected chi connectivity index (χ1v) is 12.1. The predicted octanol–water partition coefficient (Wildman–Crippen LogP) is 5.90. The number of amides is 2. The van der Waals surface area contributed by atoms with Gasteiger partial charge in [-0.1, -0.05) is 53.7 Å². The second kappa shape index (κ2) is 9.41. The molecule has 4 aromatic rings. The summed E-state index contributed by atoms with van der Waals surface area (Å²) in [5.41, 5.74) is 4.38. The van der Waals surface area contributed by atoms with Crippen LogP contribution in [0.3, 0.4) is 0 Å². The van der Waals surface area contributed by atoms with Crippen molar-refractivity contribution in [1.82, 2.24) is 10.3 Å². The molecule has 0 bridgehead atoms. The summed E-state index contributed by atoms with van der Waals surface area (Å²) in [6, 6.07) is 21.0. The summed E-state index contributed by atoms with van der Waals surface area (Å²) in [7, 11) is 1.73. The summed E-state index contributed by atoms with van der Waals surface area (Å²) >= 11 is 7.47. The molecular weight excluding hydrogens is 466 g/mol. The van der Waals surface area contributed by atoms with Crippen molar-refractivity contribution in [3.05, 3.63) is 99.5 Å². The van der Waals surface area contributed by atoms with Crippen molar-refractivity contribution < 1.29 is 9.59 Å². The molecule has 0 fully saturated rings. The second-order valence-corrected chi connectivity index (χ2v) is 9.60. The standard InChI is InChI=1S/C27H22ClN3O2S/c1-31-23-15-18(26(32)29-12-11-19-16-30-22-8-3-2-7-21(19)22)9-10-24(23)34-25(27(31)33)14-17-5-4-6-20(28)13-17/h2-10,13-16,30H,11-12H2,1H3,(H,29,32). The topological polar surface area (TPSA) is 65.2 Å². The minimum atomic E-state index is -0.159. The number of carbonyl (C=O) groups is 2. The molecule has 2 heterocycles. The maximum atomic E-state index is 13.0. The van der Waals surface area contributed by atoms with E-state index in [1.807, 2.05) is 54.7 Å². The molecule has 1 aliphatic heterocycles. The molecular formula is C27H22ClN3O2S. The minimum absolute atomic E-state index is 0.116. The number of carbonyl (C=O) groups excluding carboxylic acids is 2. The van der Waals surface area contributed by atoms with E-state index in [4.69, 9.17) is 11.6 Å². The highest BCUT2D eigenvalue weighted by Crippen LogP contribution is 2.42. The van der Waals surface area contributed by atoms with Crippen molar-refractivity contribution in [3.63, 3.8) is 0 Å². The highest BCUT2D eigenvalue weighted by molar-refractivity contribution is 8.04. The molecule has 2 N–H and O–H groups in total. The van der Waals surface area contributed by atoms with E-state index < -0.39 is 0 Å². The molecule has 0 radical (unpaired) electrons.